The van der Waals surface area contributed by atoms with Crippen molar-refractivity contribution >= 4 is 11.9 Å². The number of carbonyl (C=O) groups excluding carboxylic acids is 2. The molecule has 0 spiro atoms. The Labute approximate surface area is 121 Å². The first kappa shape index (κ1) is 14.7. The average Bonchev–Trinajstić information content (AvgIpc) is 2.52. The van der Waals surface area contributed by atoms with Crippen LogP contribution in [0, 0.1) is 5.82 Å². The van der Waals surface area contributed by atoms with Gasteiger partial charge in [0.2, 0.25) is 0 Å². The third kappa shape index (κ3) is 3.89. The number of hydrogen-bond acceptors (Lipinski definition) is 3. The number of halogens is 1. The van der Waals surface area contributed by atoms with Crippen molar-refractivity contribution in [3.05, 3.63) is 71.0 Å². The number of nitrogens with one attached hydrogen (secondary N) is 1. The molecule has 2 rings (SSSR count). The molecule has 0 aromatic heterocycles. The average molecular weight is 287 g/mol. The lowest BCUT2D eigenvalue weighted by Gasteiger charge is -2.06. The Hall–Kier alpha value is -2.69. The third-order valence-corrected chi connectivity index (χ3v) is 2.91. The predicted molar refractivity (Wildman–Crippen MR) is 75.4 cm³/mol. The largest absolute Gasteiger partial charge is 0.465 e. The number of methoxy groups -OCH3 is 1. The number of carbonyl (C=O) groups is 2. The SMILES string of the molecule is COC(=O)c1ccc(CNC(=O)c2cccc(F)c2)cc1. The summed E-state index contributed by atoms with van der Waals surface area (Å²) in [5.74, 6) is -1.22. The van der Waals surface area contributed by atoms with Crippen LogP contribution in [0.15, 0.2) is 48.5 Å². The van der Waals surface area contributed by atoms with Crippen LogP contribution in [0.5, 0.6) is 0 Å². The topological polar surface area (TPSA) is 55.4 Å². The number of esters is 1. The highest BCUT2D eigenvalue weighted by Gasteiger charge is 2.07. The van der Waals surface area contributed by atoms with Crippen LogP contribution in [-0.2, 0) is 11.3 Å². The Balaban J connectivity index is 1.97. The summed E-state index contributed by atoms with van der Waals surface area (Å²) in [6.45, 7) is 0.288. The smallest absolute Gasteiger partial charge is 0.337 e. The number of amides is 1. The molecule has 0 aliphatic rings. The lowest BCUT2D eigenvalue weighted by molar-refractivity contribution is 0.0600. The summed E-state index contributed by atoms with van der Waals surface area (Å²) in [6, 6.07) is 12.2. The fraction of sp³-hybridized carbons (Fsp3) is 0.125. The van der Waals surface area contributed by atoms with Crippen molar-refractivity contribution in [3.63, 3.8) is 0 Å². The Kier molecular flexibility index (Phi) is 4.66. The van der Waals surface area contributed by atoms with Gasteiger partial charge in [-0.3, -0.25) is 4.79 Å². The lowest BCUT2D eigenvalue weighted by Crippen LogP contribution is -2.22. The van der Waals surface area contributed by atoms with Gasteiger partial charge in [0.05, 0.1) is 12.7 Å². The highest BCUT2D eigenvalue weighted by atomic mass is 19.1. The minimum atomic E-state index is -0.454. The van der Waals surface area contributed by atoms with E-state index in [0.717, 1.165) is 5.56 Å². The van der Waals surface area contributed by atoms with Crippen molar-refractivity contribution in [2.45, 2.75) is 6.54 Å². The van der Waals surface area contributed by atoms with E-state index in [0.29, 0.717) is 5.56 Å². The molecule has 0 unspecified atom stereocenters. The highest BCUT2D eigenvalue weighted by Crippen LogP contribution is 2.07. The number of benzene rings is 2. The van der Waals surface area contributed by atoms with Crippen LogP contribution in [0.4, 0.5) is 4.39 Å². The minimum Gasteiger partial charge on any atom is -0.465 e. The molecule has 0 heterocycles. The zero-order valence-electron chi connectivity index (χ0n) is 11.4. The van der Waals surface area contributed by atoms with Crippen LogP contribution in [0.25, 0.3) is 0 Å². The van der Waals surface area contributed by atoms with Crippen molar-refractivity contribution in [2.75, 3.05) is 7.11 Å². The first-order valence-electron chi connectivity index (χ1n) is 6.31. The summed E-state index contributed by atoms with van der Waals surface area (Å²) in [6.07, 6.45) is 0. The molecule has 4 nitrogen and oxygen atoms in total. The van der Waals surface area contributed by atoms with Crippen LogP contribution < -0.4 is 5.32 Å². The van der Waals surface area contributed by atoms with Gasteiger partial charge in [-0.15, -0.1) is 0 Å². The Morgan fingerprint density at radius 1 is 1.10 bits per heavy atom. The van der Waals surface area contributed by atoms with E-state index >= 15 is 0 Å². The molecule has 5 heteroatoms. The zero-order valence-corrected chi connectivity index (χ0v) is 11.4. The molecule has 2 aromatic carbocycles. The van der Waals surface area contributed by atoms with Crippen LogP contribution >= 0.6 is 0 Å². The zero-order chi connectivity index (χ0) is 15.2. The molecule has 0 bridgehead atoms. The lowest BCUT2D eigenvalue weighted by atomic mass is 10.1. The third-order valence-electron chi connectivity index (χ3n) is 2.91. The first-order valence-corrected chi connectivity index (χ1v) is 6.31. The van der Waals surface area contributed by atoms with E-state index in [4.69, 9.17) is 0 Å². The normalized spacial score (nSPS) is 10.0. The van der Waals surface area contributed by atoms with E-state index < -0.39 is 11.8 Å². The quantitative estimate of drug-likeness (QED) is 0.879. The van der Waals surface area contributed by atoms with E-state index in [-0.39, 0.29) is 18.0 Å². The molecule has 0 aliphatic carbocycles. The predicted octanol–water partition coefficient (Wildman–Crippen LogP) is 2.54. The second-order valence-corrected chi connectivity index (χ2v) is 4.38. The summed E-state index contributed by atoms with van der Waals surface area (Å²) in [7, 11) is 1.31. The first-order chi connectivity index (χ1) is 10.1. The molecule has 1 amide bonds. The van der Waals surface area contributed by atoms with Gasteiger partial charge in [0.25, 0.3) is 5.91 Å². The molecular formula is C16H14FNO3. The fourth-order valence-corrected chi connectivity index (χ4v) is 1.79. The van der Waals surface area contributed by atoms with Crippen LogP contribution in [0.2, 0.25) is 0 Å². The van der Waals surface area contributed by atoms with Crippen LogP contribution in [-0.4, -0.2) is 19.0 Å². The van der Waals surface area contributed by atoms with Crippen molar-refractivity contribution in [1.82, 2.24) is 5.32 Å². The maximum Gasteiger partial charge on any atom is 0.337 e. The van der Waals surface area contributed by atoms with Gasteiger partial charge in [0.1, 0.15) is 5.82 Å². The van der Waals surface area contributed by atoms with Crippen LogP contribution in [0.1, 0.15) is 26.3 Å². The molecule has 0 atom stereocenters. The molecular weight excluding hydrogens is 273 g/mol. The number of hydrogen-bond donors (Lipinski definition) is 1. The van der Waals surface area contributed by atoms with Gasteiger partial charge in [0.15, 0.2) is 0 Å². The summed E-state index contributed by atoms with van der Waals surface area (Å²) >= 11 is 0. The summed E-state index contributed by atoms with van der Waals surface area (Å²) in [5.41, 5.74) is 1.53. The van der Waals surface area contributed by atoms with Gasteiger partial charge >= 0.3 is 5.97 Å². The second kappa shape index (κ2) is 6.65. The number of rotatable bonds is 4. The Morgan fingerprint density at radius 2 is 1.81 bits per heavy atom. The van der Waals surface area contributed by atoms with Gasteiger partial charge in [-0.2, -0.15) is 0 Å². The molecule has 21 heavy (non-hydrogen) atoms. The molecule has 0 saturated heterocycles. The molecule has 2 aromatic rings. The standard InChI is InChI=1S/C16H14FNO3/c1-21-16(20)12-7-5-11(6-8-12)10-18-15(19)13-3-2-4-14(17)9-13/h2-9H,10H2,1H3,(H,18,19). The summed E-state index contributed by atoms with van der Waals surface area (Å²) in [5, 5.41) is 2.68. The monoisotopic (exact) mass is 287 g/mol. The van der Waals surface area contributed by atoms with Gasteiger partial charge in [-0.05, 0) is 35.9 Å². The molecule has 0 fully saturated rings. The molecule has 0 saturated carbocycles. The molecule has 0 aliphatic heterocycles. The van der Waals surface area contributed by atoms with Gasteiger partial charge < -0.3 is 10.1 Å². The van der Waals surface area contributed by atoms with Crippen molar-refractivity contribution < 1.29 is 18.7 Å². The highest BCUT2D eigenvalue weighted by molar-refractivity contribution is 5.94. The van der Waals surface area contributed by atoms with Gasteiger partial charge in [-0.25, -0.2) is 9.18 Å². The summed E-state index contributed by atoms with van der Waals surface area (Å²) < 4.78 is 17.6. The van der Waals surface area contributed by atoms with E-state index in [1.807, 2.05) is 0 Å². The van der Waals surface area contributed by atoms with E-state index in [9.17, 15) is 14.0 Å². The Bertz CT molecular complexity index is 653. The van der Waals surface area contributed by atoms with Gasteiger partial charge in [-0.1, -0.05) is 18.2 Å². The van der Waals surface area contributed by atoms with E-state index in [2.05, 4.69) is 10.1 Å². The Morgan fingerprint density at radius 3 is 2.43 bits per heavy atom. The second-order valence-electron chi connectivity index (χ2n) is 4.38. The minimum absolute atomic E-state index is 0.265. The van der Waals surface area contributed by atoms with Crippen molar-refractivity contribution in [2.24, 2.45) is 0 Å². The molecule has 0 radical (unpaired) electrons. The van der Waals surface area contributed by atoms with Gasteiger partial charge in [0, 0.05) is 12.1 Å². The fourth-order valence-electron chi connectivity index (χ4n) is 1.79. The van der Waals surface area contributed by atoms with Crippen molar-refractivity contribution in [3.8, 4) is 0 Å². The molecule has 1 N–H and O–H groups in total. The summed E-state index contributed by atoms with van der Waals surface area (Å²) in [4.78, 5) is 23.1. The van der Waals surface area contributed by atoms with E-state index in [1.165, 1.54) is 25.3 Å². The van der Waals surface area contributed by atoms with Crippen molar-refractivity contribution in [1.29, 1.82) is 0 Å². The van der Waals surface area contributed by atoms with E-state index in [1.54, 1.807) is 30.3 Å². The maximum absolute atomic E-state index is 13.0. The molecule has 108 valence electrons. The van der Waals surface area contributed by atoms with Crippen LogP contribution in [0.3, 0.4) is 0 Å². The maximum atomic E-state index is 13.0. The number of ether oxygens (including phenoxy) is 1.